The number of benzene rings is 1. The number of carbonyl (C=O) groups is 1. The first-order chi connectivity index (χ1) is 10.1. The number of nitrogens with one attached hydrogen (secondary N) is 1. The Morgan fingerprint density at radius 3 is 2.76 bits per heavy atom. The van der Waals surface area contributed by atoms with E-state index < -0.39 is 0 Å². The van der Waals surface area contributed by atoms with E-state index in [-0.39, 0.29) is 5.91 Å². The molecule has 1 amide bonds. The Hall–Kier alpha value is -1.46. The molecule has 0 radical (unpaired) electrons. The van der Waals surface area contributed by atoms with Gasteiger partial charge in [0.25, 0.3) is 0 Å². The van der Waals surface area contributed by atoms with E-state index in [9.17, 15) is 4.79 Å². The highest BCUT2D eigenvalue weighted by Gasteiger charge is 2.10. The van der Waals surface area contributed by atoms with Crippen molar-refractivity contribution < 1.29 is 4.79 Å². The van der Waals surface area contributed by atoms with Crippen LogP contribution in [0, 0.1) is 0 Å². The molecule has 1 fully saturated rings. The summed E-state index contributed by atoms with van der Waals surface area (Å²) in [6.07, 6.45) is 5.38. The van der Waals surface area contributed by atoms with Crippen LogP contribution in [0.25, 0.3) is 0 Å². The van der Waals surface area contributed by atoms with Crippen molar-refractivity contribution in [2.24, 2.45) is 5.73 Å². The number of nitrogens with zero attached hydrogens (tertiary/aromatic N) is 1. The third kappa shape index (κ3) is 5.44. The van der Waals surface area contributed by atoms with Gasteiger partial charge in [-0.3, -0.25) is 4.79 Å². The number of likely N-dealkylation sites (tertiary alicyclic amines) is 1. The van der Waals surface area contributed by atoms with Gasteiger partial charge in [-0.2, -0.15) is 0 Å². The third-order valence-corrected chi connectivity index (χ3v) is 3.99. The van der Waals surface area contributed by atoms with Crippen molar-refractivity contribution in [1.82, 2.24) is 4.90 Å². The Labute approximate surface area is 131 Å². The summed E-state index contributed by atoms with van der Waals surface area (Å²) in [6.45, 7) is 3.37. The summed E-state index contributed by atoms with van der Waals surface area (Å²) in [4.78, 5) is 14.7. The fourth-order valence-corrected chi connectivity index (χ4v) is 2.75. The van der Waals surface area contributed by atoms with E-state index in [4.69, 9.17) is 18.0 Å². The van der Waals surface area contributed by atoms with Crippen LogP contribution >= 0.6 is 12.2 Å². The van der Waals surface area contributed by atoms with Crippen LogP contribution < -0.4 is 11.1 Å². The maximum absolute atomic E-state index is 11.9. The second-order valence-electron chi connectivity index (χ2n) is 5.50. The highest BCUT2D eigenvalue weighted by molar-refractivity contribution is 7.80. The van der Waals surface area contributed by atoms with E-state index in [1.165, 1.54) is 32.4 Å². The van der Waals surface area contributed by atoms with E-state index in [1.54, 1.807) is 0 Å². The zero-order chi connectivity index (χ0) is 15.1. The van der Waals surface area contributed by atoms with Gasteiger partial charge in [0.05, 0.1) is 0 Å². The molecule has 0 spiro atoms. The molecule has 1 aliphatic heterocycles. The Morgan fingerprint density at radius 1 is 1.29 bits per heavy atom. The van der Waals surface area contributed by atoms with Crippen LogP contribution in [0.4, 0.5) is 5.69 Å². The molecular formula is C16H23N3OS. The number of hydrogen-bond donors (Lipinski definition) is 2. The molecule has 21 heavy (non-hydrogen) atoms. The van der Waals surface area contributed by atoms with Crippen molar-refractivity contribution >= 4 is 28.8 Å². The minimum atomic E-state index is 0.0482. The van der Waals surface area contributed by atoms with Crippen LogP contribution in [-0.4, -0.2) is 35.4 Å². The summed E-state index contributed by atoms with van der Waals surface area (Å²) in [5, 5.41) is 2.90. The van der Waals surface area contributed by atoms with Gasteiger partial charge in [0.2, 0.25) is 5.91 Å². The second kappa shape index (κ2) is 8.10. The van der Waals surface area contributed by atoms with E-state index in [0.29, 0.717) is 11.4 Å². The Kier molecular flexibility index (Phi) is 6.14. The molecule has 1 saturated heterocycles. The quantitative estimate of drug-likeness (QED) is 0.793. The Morgan fingerprint density at radius 2 is 2.05 bits per heavy atom. The lowest BCUT2D eigenvalue weighted by Crippen LogP contribution is -2.31. The molecule has 0 bridgehead atoms. The van der Waals surface area contributed by atoms with E-state index in [2.05, 4.69) is 10.2 Å². The maximum atomic E-state index is 11.9. The fourth-order valence-electron chi connectivity index (χ4n) is 2.62. The topological polar surface area (TPSA) is 58.4 Å². The lowest BCUT2D eigenvalue weighted by molar-refractivity contribution is -0.116. The average Bonchev–Trinajstić information content (AvgIpc) is 2.48. The van der Waals surface area contributed by atoms with Crippen LogP contribution in [0.5, 0.6) is 0 Å². The molecule has 0 aromatic heterocycles. The average molecular weight is 305 g/mol. The van der Waals surface area contributed by atoms with Gasteiger partial charge in [0, 0.05) is 17.7 Å². The predicted octanol–water partition coefficient (Wildman–Crippen LogP) is 2.53. The van der Waals surface area contributed by atoms with Crippen molar-refractivity contribution in [3.8, 4) is 0 Å². The van der Waals surface area contributed by atoms with E-state index in [1.807, 2.05) is 24.3 Å². The van der Waals surface area contributed by atoms with Crippen LogP contribution in [-0.2, 0) is 4.79 Å². The second-order valence-corrected chi connectivity index (χ2v) is 5.94. The number of amides is 1. The monoisotopic (exact) mass is 305 g/mol. The molecule has 114 valence electrons. The molecular weight excluding hydrogens is 282 g/mol. The van der Waals surface area contributed by atoms with Crippen molar-refractivity contribution in [2.75, 3.05) is 25.0 Å². The zero-order valence-corrected chi connectivity index (χ0v) is 13.1. The smallest absolute Gasteiger partial charge is 0.224 e. The normalized spacial score (nSPS) is 15.6. The first kappa shape index (κ1) is 15.9. The van der Waals surface area contributed by atoms with E-state index in [0.717, 1.165) is 24.2 Å². The highest BCUT2D eigenvalue weighted by atomic mass is 32.1. The molecule has 5 heteroatoms. The number of thiocarbonyl (C=S) groups is 1. The summed E-state index contributed by atoms with van der Waals surface area (Å²) in [7, 11) is 0. The molecule has 3 N–H and O–H groups in total. The molecule has 1 heterocycles. The lowest BCUT2D eigenvalue weighted by atomic mass is 10.1. The summed E-state index contributed by atoms with van der Waals surface area (Å²) >= 11 is 4.94. The van der Waals surface area contributed by atoms with Crippen molar-refractivity contribution in [1.29, 1.82) is 0 Å². The van der Waals surface area contributed by atoms with Crippen molar-refractivity contribution in [3.05, 3.63) is 29.8 Å². The van der Waals surface area contributed by atoms with Crippen molar-refractivity contribution in [2.45, 2.75) is 32.1 Å². The number of anilines is 1. The summed E-state index contributed by atoms with van der Waals surface area (Å²) in [6, 6.07) is 7.35. The molecule has 1 aromatic rings. The molecule has 0 atom stereocenters. The van der Waals surface area contributed by atoms with E-state index >= 15 is 0 Å². The summed E-state index contributed by atoms with van der Waals surface area (Å²) in [5.41, 5.74) is 7.12. The minimum Gasteiger partial charge on any atom is -0.389 e. The van der Waals surface area contributed by atoms with Gasteiger partial charge in [-0.15, -0.1) is 0 Å². The summed E-state index contributed by atoms with van der Waals surface area (Å²) < 4.78 is 0. The minimum absolute atomic E-state index is 0.0482. The Bertz CT molecular complexity index is 498. The van der Waals surface area contributed by atoms with Gasteiger partial charge < -0.3 is 16.0 Å². The highest BCUT2D eigenvalue weighted by Crippen LogP contribution is 2.12. The summed E-state index contributed by atoms with van der Waals surface area (Å²) in [5.74, 6) is 0.0482. The lowest BCUT2D eigenvalue weighted by Gasteiger charge is -2.26. The largest absolute Gasteiger partial charge is 0.389 e. The molecule has 0 unspecified atom stereocenters. The van der Waals surface area contributed by atoms with Gasteiger partial charge in [0.1, 0.15) is 4.99 Å². The van der Waals surface area contributed by atoms with Crippen LogP contribution in [0.1, 0.15) is 37.7 Å². The number of piperidine rings is 1. The zero-order valence-electron chi connectivity index (χ0n) is 12.3. The van der Waals surface area contributed by atoms with Gasteiger partial charge >= 0.3 is 0 Å². The number of hydrogen-bond acceptors (Lipinski definition) is 3. The molecule has 4 nitrogen and oxygen atoms in total. The van der Waals surface area contributed by atoms with Crippen LogP contribution in [0.3, 0.4) is 0 Å². The van der Waals surface area contributed by atoms with Gasteiger partial charge in [-0.1, -0.05) is 30.8 Å². The SMILES string of the molecule is NC(=S)c1cccc(NC(=O)CCCN2CCCCC2)c1. The first-order valence-electron chi connectivity index (χ1n) is 7.57. The van der Waals surface area contributed by atoms with Crippen LogP contribution in [0.15, 0.2) is 24.3 Å². The fraction of sp³-hybridized carbons (Fsp3) is 0.500. The number of carbonyl (C=O) groups excluding carboxylic acids is 1. The third-order valence-electron chi connectivity index (χ3n) is 3.76. The number of rotatable bonds is 6. The standard InChI is InChI=1S/C16H23N3OS/c17-16(21)13-6-4-7-14(12-13)18-15(20)8-5-11-19-9-2-1-3-10-19/h4,6-7,12H,1-3,5,8-11H2,(H2,17,21)(H,18,20). The van der Waals surface area contributed by atoms with Gasteiger partial charge in [-0.05, 0) is 51.0 Å². The molecule has 2 rings (SSSR count). The molecule has 1 aromatic carbocycles. The predicted molar refractivity (Wildman–Crippen MR) is 90.5 cm³/mol. The number of nitrogens with two attached hydrogens (primary N) is 1. The molecule has 0 saturated carbocycles. The molecule has 1 aliphatic rings. The Balaban J connectivity index is 1.73. The maximum Gasteiger partial charge on any atom is 0.224 e. The van der Waals surface area contributed by atoms with Gasteiger partial charge in [-0.25, -0.2) is 0 Å². The van der Waals surface area contributed by atoms with Crippen LogP contribution in [0.2, 0.25) is 0 Å². The van der Waals surface area contributed by atoms with Crippen molar-refractivity contribution in [3.63, 3.8) is 0 Å². The molecule has 0 aliphatic carbocycles. The van der Waals surface area contributed by atoms with Gasteiger partial charge in [0.15, 0.2) is 0 Å². The first-order valence-corrected chi connectivity index (χ1v) is 7.98.